The Morgan fingerprint density at radius 2 is 1.57 bits per heavy atom. The molecular formula is C22H18N4OS. The van der Waals surface area contributed by atoms with Gasteiger partial charge in [0.2, 0.25) is 5.91 Å². The van der Waals surface area contributed by atoms with Crippen molar-refractivity contribution in [2.45, 2.75) is 5.16 Å². The lowest BCUT2D eigenvalue weighted by Crippen LogP contribution is -2.15. The lowest BCUT2D eigenvalue weighted by molar-refractivity contribution is -0.113. The number of hydrogen-bond donors (Lipinski definition) is 1. The Balaban J connectivity index is 1.45. The van der Waals surface area contributed by atoms with Gasteiger partial charge in [-0.05, 0) is 23.8 Å². The van der Waals surface area contributed by atoms with Crippen LogP contribution in [0.5, 0.6) is 0 Å². The van der Waals surface area contributed by atoms with Crippen molar-refractivity contribution < 1.29 is 4.79 Å². The highest BCUT2D eigenvalue weighted by Crippen LogP contribution is 2.28. The first-order valence-corrected chi connectivity index (χ1v) is 9.82. The van der Waals surface area contributed by atoms with Gasteiger partial charge in [0.15, 0.2) is 5.16 Å². The Bertz CT molecular complexity index is 1060. The Kier molecular flexibility index (Phi) is 5.49. The molecule has 4 rings (SSSR count). The van der Waals surface area contributed by atoms with Crippen LogP contribution in [0.4, 0.5) is 5.69 Å². The van der Waals surface area contributed by atoms with Crippen LogP contribution >= 0.6 is 11.8 Å². The van der Waals surface area contributed by atoms with Crippen LogP contribution in [0.3, 0.4) is 0 Å². The van der Waals surface area contributed by atoms with Crippen LogP contribution in [-0.2, 0) is 4.79 Å². The number of nitrogens with one attached hydrogen (secondary N) is 1. The zero-order valence-electron chi connectivity index (χ0n) is 15.0. The average Bonchev–Trinajstić information content (AvgIpc) is 3.23. The van der Waals surface area contributed by atoms with Crippen molar-refractivity contribution in [3.8, 4) is 16.8 Å². The number of anilines is 1. The van der Waals surface area contributed by atoms with Crippen LogP contribution in [0.25, 0.3) is 16.8 Å². The summed E-state index contributed by atoms with van der Waals surface area (Å²) in [5, 5.41) is 11.8. The van der Waals surface area contributed by atoms with E-state index in [4.69, 9.17) is 0 Å². The molecule has 0 aliphatic heterocycles. The molecule has 0 bridgehead atoms. The van der Waals surface area contributed by atoms with Crippen LogP contribution in [0.1, 0.15) is 0 Å². The van der Waals surface area contributed by atoms with Gasteiger partial charge in [0.05, 0.1) is 5.75 Å². The van der Waals surface area contributed by atoms with Gasteiger partial charge in [-0.1, -0.05) is 78.5 Å². The fourth-order valence-corrected chi connectivity index (χ4v) is 3.60. The highest BCUT2D eigenvalue weighted by molar-refractivity contribution is 7.99. The molecule has 0 fully saturated rings. The molecule has 0 aliphatic rings. The Hall–Kier alpha value is -3.38. The third kappa shape index (κ3) is 4.13. The molecule has 1 amide bonds. The summed E-state index contributed by atoms with van der Waals surface area (Å²) >= 11 is 1.35. The quantitative estimate of drug-likeness (QED) is 0.490. The minimum atomic E-state index is -0.0870. The summed E-state index contributed by atoms with van der Waals surface area (Å²) in [5.41, 5.74) is 3.82. The maximum atomic E-state index is 12.5. The normalized spacial score (nSPS) is 10.6. The molecule has 28 heavy (non-hydrogen) atoms. The van der Waals surface area contributed by atoms with E-state index in [1.807, 2.05) is 89.5 Å². The number of carbonyl (C=O) groups excluding carboxylic acids is 1. The second kappa shape index (κ2) is 8.54. The van der Waals surface area contributed by atoms with E-state index in [-0.39, 0.29) is 11.7 Å². The third-order valence-corrected chi connectivity index (χ3v) is 5.11. The largest absolute Gasteiger partial charge is 0.325 e. The van der Waals surface area contributed by atoms with E-state index in [2.05, 4.69) is 15.5 Å². The molecule has 1 N–H and O–H groups in total. The van der Waals surface area contributed by atoms with Gasteiger partial charge in [-0.3, -0.25) is 9.36 Å². The Labute approximate surface area is 167 Å². The van der Waals surface area contributed by atoms with E-state index in [9.17, 15) is 4.79 Å². The number of aromatic nitrogens is 3. The minimum absolute atomic E-state index is 0.0870. The number of rotatable bonds is 6. The monoisotopic (exact) mass is 386 g/mol. The van der Waals surface area contributed by atoms with Gasteiger partial charge in [0.25, 0.3) is 0 Å². The molecule has 0 spiro atoms. The second-order valence-electron chi connectivity index (χ2n) is 6.07. The van der Waals surface area contributed by atoms with Gasteiger partial charge in [-0.2, -0.15) is 0 Å². The molecule has 1 aromatic heterocycles. The molecule has 6 heteroatoms. The van der Waals surface area contributed by atoms with E-state index in [1.54, 1.807) is 6.33 Å². The standard InChI is InChI=1S/C22H18N4OS/c27-21(15-28-22-25-23-16-26(22)18-11-5-2-6-12-18)24-20-14-8-7-13-19(20)17-9-3-1-4-10-17/h1-14,16H,15H2,(H,24,27). The maximum absolute atomic E-state index is 12.5. The fourth-order valence-electron chi connectivity index (χ4n) is 2.87. The number of thioether (sulfide) groups is 1. The Morgan fingerprint density at radius 3 is 2.36 bits per heavy atom. The molecule has 0 saturated carbocycles. The van der Waals surface area contributed by atoms with Gasteiger partial charge in [0, 0.05) is 16.9 Å². The van der Waals surface area contributed by atoms with Crippen molar-refractivity contribution >= 4 is 23.4 Å². The number of carbonyl (C=O) groups is 1. The molecule has 0 saturated heterocycles. The summed E-state index contributed by atoms with van der Waals surface area (Å²) in [6.07, 6.45) is 1.65. The first-order chi connectivity index (χ1) is 13.8. The number of hydrogen-bond acceptors (Lipinski definition) is 4. The zero-order chi connectivity index (χ0) is 19.2. The summed E-state index contributed by atoms with van der Waals surface area (Å²) in [4.78, 5) is 12.5. The Morgan fingerprint density at radius 1 is 0.893 bits per heavy atom. The summed E-state index contributed by atoms with van der Waals surface area (Å²) in [5.74, 6) is 0.158. The fraction of sp³-hybridized carbons (Fsp3) is 0.0455. The van der Waals surface area contributed by atoms with E-state index >= 15 is 0 Å². The summed E-state index contributed by atoms with van der Waals surface area (Å²) in [6.45, 7) is 0. The predicted octanol–water partition coefficient (Wildman–Crippen LogP) is 4.67. The van der Waals surface area contributed by atoms with Crippen molar-refractivity contribution in [2.75, 3.05) is 11.1 Å². The van der Waals surface area contributed by atoms with Crippen LogP contribution in [0, 0.1) is 0 Å². The average molecular weight is 386 g/mol. The maximum Gasteiger partial charge on any atom is 0.234 e. The predicted molar refractivity (Wildman–Crippen MR) is 113 cm³/mol. The van der Waals surface area contributed by atoms with Gasteiger partial charge in [-0.25, -0.2) is 0 Å². The molecule has 138 valence electrons. The van der Waals surface area contributed by atoms with Crippen LogP contribution in [0.15, 0.2) is 96.4 Å². The number of benzene rings is 3. The number of nitrogens with zero attached hydrogens (tertiary/aromatic N) is 3. The first kappa shape index (κ1) is 18.0. The number of para-hydroxylation sites is 2. The lowest BCUT2D eigenvalue weighted by Gasteiger charge is -2.11. The van der Waals surface area contributed by atoms with Crippen molar-refractivity contribution in [3.05, 3.63) is 91.3 Å². The van der Waals surface area contributed by atoms with Crippen LogP contribution in [-0.4, -0.2) is 26.4 Å². The molecular weight excluding hydrogens is 368 g/mol. The molecule has 0 radical (unpaired) electrons. The van der Waals surface area contributed by atoms with Gasteiger partial charge >= 0.3 is 0 Å². The lowest BCUT2D eigenvalue weighted by atomic mass is 10.0. The molecule has 4 aromatic rings. The highest BCUT2D eigenvalue weighted by atomic mass is 32.2. The first-order valence-electron chi connectivity index (χ1n) is 8.84. The SMILES string of the molecule is O=C(CSc1nncn1-c1ccccc1)Nc1ccccc1-c1ccccc1. The summed E-state index contributed by atoms with van der Waals surface area (Å²) in [7, 11) is 0. The van der Waals surface area contributed by atoms with Gasteiger partial charge < -0.3 is 5.32 Å². The van der Waals surface area contributed by atoms with E-state index in [1.165, 1.54) is 11.8 Å². The molecule has 0 atom stereocenters. The van der Waals surface area contributed by atoms with Crippen molar-refractivity contribution in [1.82, 2.24) is 14.8 Å². The van der Waals surface area contributed by atoms with Crippen molar-refractivity contribution in [3.63, 3.8) is 0 Å². The van der Waals surface area contributed by atoms with Crippen LogP contribution < -0.4 is 5.32 Å². The molecule has 5 nitrogen and oxygen atoms in total. The molecule has 0 aliphatic carbocycles. The van der Waals surface area contributed by atoms with Crippen molar-refractivity contribution in [1.29, 1.82) is 0 Å². The van der Waals surface area contributed by atoms with Crippen molar-refractivity contribution in [2.24, 2.45) is 0 Å². The van der Waals surface area contributed by atoms with E-state index in [0.29, 0.717) is 5.16 Å². The summed E-state index contributed by atoms with van der Waals surface area (Å²) in [6, 6.07) is 27.6. The van der Waals surface area contributed by atoms with E-state index < -0.39 is 0 Å². The van der Waals surface area contributed by atoms with Crippen LogP contribution in [0.2, 0.25) is 0 Å². The number of amides is 1. The highest BCUT2D eigenvalue weighted by Gasteiger charge is 2.12. The minimum Gasteiger partial charge on any atom is -0.325 e. The molecule has 3 aromatic carbocycles. The molecule has 0 unspecified atom stereocenters. The summed E-state index contributed by atoms with van der Waals surface area (Å²) < 4.78 is 1.87. The zero-order valence-corrected chi connectivity index (χ0v) is 15.8. The molecule has 1 heterocycles. The van der Waals surface area contributed by atoms with Gasteiger partial charge in [0.1, 0.15) is 6.33 Å². The van der Waals surface area contributed by atoms with E-state index in [0.717, 1.165) is 22.5 Å². The topological polar surface area (TPSA) is 59.8 Å². The second-order valence-corrected chi connectivity index (χ2v) is 7.01. The van der Waals surface area contributed by atoms with Gasteiger partial charge in [-0.15, -0.1) is 10.2 Å². The smallest absolute Gasteiger partial charge is 0.234 e. The third-order valence-electron chi connectivity index (χ3n) is 4.17.